The average molecular weight is 518 g/mol. The van der Waals surface area contributed by atoms with Gasteiger partial charge in [-0.15, -0.1) is 0 Å². The highest BCUT2D eigenvalue weighted by Crippen LogP contribution is 2.38. The number of nitrogens with one attached hydrogen (secondary N) is 1. The molecule has 1 heterocycles. The standard InChI is InChI=1S/C30H32ClN3O3/c1-3-33(4-2)17-10-18-34(30(37)21-11-6-5-7-12-21)20-27(35)28-23-13-8-9-14-24(23)29(36)32-26-19-22(31)15-16-25(26)28/h5-9,11-16,19,28H,3-4,10,17-18,20H2,1-2H3,(H,32,36). The molecule has 1 aliphatic rings. The Morgan fingerprint density at radius 3 is 2.32 bits per heavy atom. The fourth-order valence-electron chi connectivity index (χ4n) is 4.87. The van der Waals surface area contributed by atoms with Gasteiger partial charge in [-0.2, -0.15) is 0 Å². The summed E-state index contributed by atoms with van der Waals surface area (Å²) in [7, 11) is 0. The van der Waals surface area contributed by atoms with Crippen LogP contribution in [0.4, 0.5) is 5.69 Å². The van der Waals surface area contributed by atoms with Crippen LogP contribution >= 0.6 is 11.6 Å². The predicted molar refractivity (Wildman–Crippen MR) is 147 cm³/mol. The Balaban J connectivity index is 1.68. The molecule has 0 aromatic heterocycles. The van der Waals surface area contributed by atoms with Gasteiger partial charge in [0.05, 0.1) is 12.5 Å². The van der Waals surface area contributed by atoms with Crippen LogP contribution in [0.15, 0.2) is 72.8 Å². The van der Waals surface area contributed by atoms with Crippen molar-refractivity contribution >= 4 is 34.9 Å². The summed E-state index contributed by atoms with van der Waals surface area (Å²) < 4.78 is 0. The second kappa shape index (κ2) is 12.2. The minimum absolute atomic E-state index is 0.0682. The first kappa shape index (κ1) is 26.6. The summed E-state index contributed by atoms with van der Waals surface area (Å²) >= 11 is 6.22. The van der Waals surface area contributed by atoms with E-state index in [9.17, 15) is 14.4 Å². The average Bonchev–Trinajstić information content (AvgIpc) is 3.04. The molecule has 0 saturated heterocycles. The van der Waals surface area contributed by atoms with Gasteiger partial charge < -0.3 is 15.1 Å². The van der Waals surface area contributed by atoms with E-state index < -0.39 is 5.92 Å². The molecule has 3 aromatic carbocycles. The molecular formula is C30H32ClN3O3. The number of benzene rings is 3. The summed E-state index contributed by atoms with van der Waals surface area (Å²) in [6.45, 7) is 7.31. The normalized spacial score (nSPS) is 14.4. The summed E-state index contributed by atoms with van der Waals surface area (Å²) in [5, 5.41) is 3.37. The molecule has 3 aromatic rings. The summed E-state index contributed by atoms with van der Waals surface area (Å²) in [5.41, 5.74) is 2.79. The van der Waals surface area contributed by atoms with Gasteiger partial charge in [-0.25, -0.2) is 0 Å². The fraction of sp³-hybridized carbons (Fsp3) is 0.300. The molecule has 1 aliphatic heterocycles. The van der Waals surface area contributed by atoms with Crippen LogP contribution in [-0.4, -0.2) is 60.1 Å². The first-order valence-corrected chi connectivity index (χ1v) is 13.1. The van der Waals surface area contributed by atoms with E-state index in [0.29, 0.717) is 39.5 Å². The van der Waals surface area contributed by atoms with Crippen LogP contribution in [0.1, 0.15) is 58.0 Å². The number of nitrogens with zero attached hydrogens (tertiary/aromatic N) is 2. The van der Waals surface area contributed by atoms with Crippen molar-refractivity contribution in [3.05, 3.63) is 100 Å². The van der Waals surface area contributed by atoms with E-state index in [2.05, 4.69) is 24.1 Å². The van der Waals surface area contributed by atoms with Gasteiger partial charge in [0.25, 0.3) is 11.8 Å². The van der Waals surface area contributed by atoms with Gasteiger partial charge in [0.15, 0.2) is 5.78 Å². The van der Waals surface area contributed by atoms with E-state index in [4.69, 9.17) is 11.6 Å². The lowest BCUT2D eigenvalue weighted by atomic mass is 9.85. The molecule has 192 valence electrons. The van der Waals surface area contributed by atoms with Crippen LogP contribution < -0.4 is 5.32 Å². The number of carbonyl (C=O) groups is 3. The summed E-state index contributed by atoms with van der Waals surface area (Å²) in [6, 6.07) is 21.3. The monoisotopic (exact) mass is 517 g/mol. The van der Waals surface area contributed by atoms with Crippen molar-refractivity contribution in [3.63, 3.8) is 0 Å². The Hall–Kier alpha value is -3.48. The van der Waals surface area contributed by atoms with Crippen molar-refractivity contribution in [3.8, 4) is 0 Å². The van der Waals surface area contributed by atoms with Gasteiger partial charge in [-0.1, -0.05) is 67.9 Å². The molecule has 4 rings (SSSR count). The number of fused-ring (bicyclic) bond motifs is 2. The van der Waals surface area contributed by atoms with E-state index in [1.807, 2.05) is 30.3 Å². The second-order valence-corrected chi connectivity index (χ2v) is 9.58. The SMILES string of the molecule is CCN(CC)CCCN(CC(=O)C1c2ccc(Cl)cc2NC(=O)c2ccccc21)C(=O)c1ccccc1. The highest BCUT2D eigenvalue weighted by molar-refractivity contribution is 6.31. The first-order valence-electron chi connectivity index (χ1n) is 12.7. The third kappa shape index (κ3) is 6.09. The number of hydrogen-bond acceptors (Lipinski definition) is 4. The summed E-state index contributed by atoms with van der Waals surface area (Å²) in [5.74, 6) is -1.33. The maximum atomic E-state index is 14.0. The smallest absolute Gasteiger partial charge is 0.255 e. The lowest BCUT2D eigenvalue weighted by Gasteiger charge is -2.27. The molecule has 37 heavy (non-hydrogen) atoms. The maximum absolute atomic E-state index is 14.0. The lowest BCUT2D eigenvalue weighted by Crippen LogP contribution is -2.39. The molecule has 2 amide bonds. The molecule has 0 spiro atoms. The molecule has 0 fully saturated rings. The Kier molecular flexibility index (Phi) is 8.74. The van der Waals surface area contributed by atoms with Crippen LogP contribution in [0.2, 0.25) is 5.02 Å². The van der Waals surface area contributed by atoms with Gasteiger partial charge >= 0.3 is 0 Å². The minimum Gasteiger partial charge on any atom is -0.331 e. The van der Waals surface area contributed by atoms with Gasteiger partial charge in [0.2, 0.25) is 0 Å². The Morgan fingerprint density at radius 1 is 0.892 bits per heavy atom. The molecule has 0 radical (unpaired) electrons. The highest BCUT2D eigenvalue weighted by Gasteiger charge is 2.34. The van der Waals surface area contributed by atoms with E-state index >= 15 is 0 Å². The molecule has 0 saturated carbocycles. The third-order valence-corrected chi connectivity index (χ3v) is 7.10. The molecule has 7 heteroatoms. The van der Waals surface area contributed by atoms with Crippen molar-refractivity contribution < 1.29 is 14.4 Å². The van der Waals surface area contributed by atoms with Crippen molar-refractivity contribution in [1.82, 2.24) is 9.80 Å². The molecule has 1 N–H and O–H groups in total. The quantitative estimate of drug-likeness (QED) is 0.386. The minimum atomic E-state index is -0.712. The van der Waals surface area contributed by atoms with Crippen LogP contribution in [0.5, 0.6) is 0 Å². The number of carbonyl (C=O) groups excluding carboxylic acids is 3. The van der Waals surface area contributed by atoms with E-state index in [0.717, 1.165) is 26.1 Å². The van der Waals surface area contributed by atoms with Gasteiger partial charge in [-0.05, 0) is 67.5 Å². The Bertz CT molecular complexity index is 1270. The zero-order valence-electron chi connectivity index (χ0n) is 21.2. The van der Waals surface area contributed by atoms with Gasteiger partial charge in [0.1, 0.15) is 0 Å². The number of halogens is 1. The number of amides is 2. The second-order valence-electron chi connectivity index (χ2n) is 9.15. The summed E-state index contributed by atoms with van der Waals surface area (Å²) in [6.07, 6.45) is 0.751. The highest BCUT2D eigenvalue weighted by atomic mass is 35.5. The predicted octanol–water partition coefficient (Wildman–Crippen LogP) is 5.48. The molecule has 0 aliphatic carbocycles. The first-order chi connectivity index (χ1) is 17.9. The topological polar surface area (TPSA) is 69.7 Å². The van der Waals surface area contributed by atoms with Crippen molar-refractivity contribution in [2.45, 2.75) is 26.2 Å². The fourth-order valence-corrected chi connectivity index (χ4v) is 5.04. The van der Waals surface area contributed by atoms with Crippen LogP contribution in [0, 0.1) is 0 Å². The number of anilines is 1. The van der Waals surface area contributed by atoms with Crippen LogP contribution in [-0.2, 0) is 4.79 Å². The van der Waals surface area contributed by atoms with Crippen molar-refractivity contribution in [2.24, 2.45) is 0 Å². The van der Waals surface area contributed by atoms with Gasteiger partial charge in [-0.3, -0.25) is 14.4 Å². The number of rotatable bonds is 10. The van der Waals surface area contributed by atoms with Crippen molar-refractivity contribution in [1.29, 1.82) is 0 Å². The number of ketones is 1. The lowest BCUT2D eigenvalue weighted by molar-refractivity contribution is -0.120. The van der Waals surface area contributed by atoms with Crippen LogP contribution in [0.25, 0.3) is 0 Å². The Morgan fingerprint density at radius 2 is 1.59 bits per heavy atom. The largest absolute Gasteiger partial charge is 0.331 e. The Labute approximate surface area is 223 Å². The number of hydrogen-bond donors (Lipinski definition) is 1. The zero-order valence-corrected chi connectivity index (χ0v) is 22.0. The van der Waals surface area contributed by atoms with E-state index in [1.165, 1.54) is 0 Å². The maximum Gasteiger partial charge on any atom is 0.255 e. The molecular weight excluding hydrogens is 486 g/mol. The van der Waals surface area contributed by atoms with E-state index in [-0.39, 0.29) is 24.1 Å². The number of Topliss-reactive ketones (excluding diaryl/α,β-unsaturated/α-hetero) is 1. The molecule has 1 atom stereocenters. The van der Waals surface area contributed by atoms with Crippen molar-refractivity contribution in [2.75, 3.05) is 38.0 Å². The molecule has 0 bridgehead atoms. The van der Waals surface area contributed by atoms with Crippen LogP contribution in [0.3, 0.4) is 0 Å². The molecule has 1 unspecified atom stereocenters. The molecule has 6 nitrogen and oxygen atoms in total. The third-order valence-electron chi connectivity index (χ3n) is 6.86. The van der Waals surface area contributed by atoms with Gasteiger partial charge in [0, 0.05) is 28.4 Å². The van der Waals surface area contributed by atoms with E-state index in [1.54, 1.807) is 47.4 Å². The summed E-state index contributed by atoms with van der Waals surface area (Å²) in [4.78, 5) is 44.5. The zero-order chi connectivity index (χ0) is 26.4.